The molecule has 6 heteroatoms. The van der Waals surface area contributed by atoms with Crippen LogP contribution in [0.4, 0.5) is 5.69 Å². The van der Waals surface area contributed by atoms with Crippen LogP contribution >= 0.6 is 0 Å². The summed E-state index contributed by atoms with van der Waals surface area (Å²) < 4.78 is 27.2. The van der Waals surface area contributed by atoms with E-state index in [9.17, 15) is 13.2 Å². The summed E-state index contributed by atoms with van der Waals surface area (Å²) in [6.45, 7) is 4.91. The second kappa shape index (κ2) is 10.4. The molecule has 0 atom stereocenters. The van der Waals surface area contributed by atoms with Gasteiger partial charge in [0.1, 0.15) is 0 Å². The van der Waals surface area contributed by atoms with Crippen LogP contribution in [-0.2, 0) is 14.8 Å². The molecule has 31 heavy (non-hydrogen) atoms. The molecular weight excluding hydrogens is 408 g/mol. The van der Waals surface area contributed by atoms with Crippen molar-refractivity contribution in [3.8, 4) is 0 Å². The summed E-state index contributed by atoms with van der Waals surface area (Å²) in [5.41, 5.74) is 1.51. The topological polar surface area (TPSA) is 66.5 Å². The molecule has 1 N–H and O–H groups in total. The number of fused-ring (bicyclic) bond motifs is 1. The number of hydrogen-bond acceptors (Lipinski definition) is 3. The minimum Gasteiger partial charge on any atom is -0.323 e. The minimum atomic E-state index is -3.53. The van der Waals surface area contributed by atoms with Crippen molar-refractivity contribution in [2.45, 2.75) is 31.6 Å². The summed E-state index contributed by atoms with van der Waals surface area (Å²) in [6, 6.07) is 20.3. The van der Waals surface area contributed by atoms with Gasteiger partial charge >= 0.3 is 0 Å². The molecule has 0 saturated carbocycles. The van der Waals surface area contributed by atoms with E-state index in [2.05, 4.69) is 5.32 Å². The average Bonchev–Trinajstić information content (AvgIpc) is 2.78. The molecule has 0 spiro atoms. The van der Waals surface area contributed by atoms with Gasteiger partial charge in [0.15, 0.2) is 0 Å². The minimum absolute atomic E-state index is 0.235. The van der Waals surface area contributed by atoms with Gasteiger partial charge in [-0.25, -0.2) is 8.42 Å². The summed E-state index contributed by atoms with van der Waals surface area (Å²) in [5.74, 6) is -0.276. The van der Waals surface area contributed by atoms with E-state index in [1.54, 1.807) is 18.2 Å². The Bertz CT molecular complexity index is 1160. The third-order valence-corrected chi connectivity index (χ3v) is 6.86. The van der Waals surface area contributed by atoms with Crippen molar-refractivity contribution in [2.24, 2.45) is 0 Å². The zero-order valence-electron chi connectivity index (χ0n) is 17.9. The van der Waals surface area contributed by atoms with Gasteiger partial charge in [0, 0.05) is 24.9 Å². The highest BCUT2D eigenvalue weighted by Crippen LogP contribution is 2.21. The Morgan fingerprint density at radius 1 is 0.903 bits per heavy atom. The Morgan fingerprint density at radius 2 is 1.55 bits per heavy atom. The maximum Gasteiger partial charge on any atom is 0.248 e. The van der Waals surface area contributed by atoms with E-state index in [0.29, 0.717) is 18.8 Å². The van der Waals surface area contributed by atoms with Crippen molar-refractivity contribution in [1.82, 2.24) is 4.31 Å². The van der Waals surface area contributed by atoms with Crippen LogP contribution in [0, 0.1) is 0 Å². The first-order chi connectivity index (χ1) is 15.0. The highest BCUT2D eigenvalue weighted by atomic mass is 32.2. The average molecular weight is 437 g/mol. The smallest absolute Gasteiger partial charge is 0.248 e. The van der Waals surface area contributed by atoms with Gasteiger partial charge in [-0.05, 0) is 59.5 Å². The van der Waals surface area contributed by atoms with E-state index in [4.69, 9.17) is 0 Å². The molecule has 3 aromatic carbocycles. The molecule has 162 valence electrons. The third-order valence-electron chi connectivity index (χ3n) is 4.94. The van der Waals surface area contributed by atoms with Gasteiger partial charge in [-0.15, -0.1) is 0 Å². The van der Waals surface area contributed by atoms with E-state index in [1.807, 2.05) is 56.3 Å². The van der Waals surface area contributed by atoms with Crippen LogP contribution in [0.25, 0.3) is 16.8 Å². The van der Waals surface area contributed by atoms with Crippen LogP contribution < -0.4 is 5.32 Å². The predicted octanol–water partition coefficient (Wildman–Crippen LogP) is 5.30. The van der Waals surface area contributed by atoms with Crippen molar-refractivity contribution >= 4 is 38.5 Å². The number of hydrogen-bond donors (Lipinski definition) is 1. The molecule has 0 aliphatic carbocycles. The van der Waals surface area contributed by atoms with Crippen molar-refractivity contribution < 1.29 is 13.2 Å². The first kappa shape index (κ1) is 22.7. The highest BCUT2D eigenvalue weighted by molar-refractivity contribution is 7.89. The molecule has 0 fully saturated rings. The Labute approximate surface area is 184 Å². The molecule has 5 nitrogen and oxygen atoms in total. The first-order valence-electron chi connectivity index (χ1n) is 10.5. The lowest BCUT2D eigenvalue weighted by Crippen LogP contribution is -2.32. The van der Waals surface area contributed by atoms with Crippen molar-refractivity contribution in [3.63, 3.8) is 0 Å². The van der Waals surface area contributed by atoms with Gasteiger partial charge in [-0.2, -0.15) is 4.31 Å². The Morgan fingerprint density at radius 3 is 2.23 bits per heavy atom. The summed E-state index contributed by atoms with van der Waals surface area (Å²) in [5, 5.41) is 4.97. The van der Waals surface area contributed by atoms with Gasteiger partial charge in [-0.1, -0.05) is 56.3 Å². The van der Waals surface area contributed by atoms with Gasteiger partial charge in [-0.3, -0.25) is 4.79 Å². The van der Waals surface area contributed by atoms with Crippen molar-refractivity contribution in [2.75, 3.05) is 18.4 Å². The number of sulfonamides is 1. The lowest BCUT2D eigenvalue weighted by molar-refractivity contribution is -0.111. The Hall–Kier alpha value is -2.96. The van der Waals surface area contributed by atoms with Crippen LogP contribution in [0.5, 0.6) is 0 Å². The Kier molecular flexibility index (Phi) is 7.60. The quantitative estimate of drug-likeness (QED) is 0.463. The Balaban J connectivity index is 1.70. The molecule has 0 heterocycles. The van der Waals surface area contributed by atoms with E-state index >= 15 is 0 Å². The summed E-state index contributed by atoms with van der Waals surface area (Å²) in [4.78, 5) is 12.6. The summed E-state index contributed by atoms with van der Waals surface area (Å²) >= 11 is 0. The third kappa shape index (κ3) is 5.60. The fourth-order valence-corrected chi connectivity index (χ4v) is 5.08. The second-order valence-electron chi connectivity index (χ2n) is 7.32. The molecule has 0 aliphatic heterocycles. The first-order valence-corrected chi connectivity index (χ1v) is 12.0. The van der Waals surface area contributed by atoms with E-state index in [-0.39, 0.29) is 10.8 Å². The number of nitrogens with zero attached hydrogens (tertiary/aromatic N) is 1. The molecule has 0 radical (unpaired) electrons. The van der Waals surface area contributed by atoms with E-state index in [1.165, 1.54) is 22.5 Å². The number of carbonyl (C=O) groups is 1. The van der Waals surface area contributed by atoms with Gasteiger partial charge in [0.25, 0.3) is 0 Å². The fourth-order valence-electron chi connectivity index (χ4n) is 3.46. The molecular formula is C25H28N2O3S. The zero-order valence-corrected chi connectivity index (χ0v) is 18.7. The van der Waals surface area contributed by atoms with Gasteiger partial charge in [0.2, 0.25) is 15.9 Å². The fraction of sp³-hybridized carbons (Fsp3) is 0.240. The van der Waals surface area contributed by atoms with Gasteiger partial charge < -0.3 is 5.32 Å². The maximum absolute atomic E-state index is 12.8. The van der Waals surface area contributed by atoms with Crippen molar-refractivity contribution in [1.29, 1.82) is 0 Å². The molecule has 0 saturated heterocycles. The molecule has 3 rings (SSSR count). The number of benzene rings is 3. The standard InChI is InChI=1S/C25H28N2O3S/c1-3-18-27(19-4-2)31(29,30)23-15-13-22(14-16-23)26-25(28)17-12-21-10-7-9-20-8-5-6-11-24(20)21/h5-17H,3-4,18-19H2,1-2H3,(H,26,28)/b17-12+. The molecule has 3 aromatic rings. The SMILES string of the molecule is CCCN(CCC)S(=O)(=O)c1ccc(NC(=O)/C=C/c2cccc3ccccc23)cc1. The number of rotatable bonds is 9. The van der Waals surface area contributed by atoms with Crippen LogP contribution in [0.2, 0.25) is 0 Å². The molecule has 1 amide bonds. The van der Waals surface area contributed by atoms with E-state index in [0.717, 1.165) is 29.2 Å². The van der Waals surface area contributed by atoms with Crippen LogP contribution in [-0.4, -0.2) is 31.7 Å². The molecule has 0 unspecified atom stereocenters. The van der Waals surface area contributed by atoms with Crippen LogP contribution in [0.3, 0.4) is 0 Å². The predicted molar refractivity (Wildman–Crippen MR) is 127 cm³/mol. The summed E-state index contributed by atoms with van der Waals surface area (Å²) in [6.07, 6.45) is 4.79. The summed E-state index contributed by atoms with van der Waals surface area (Å²) in [7, 11) is -3.53. The number of amides is 1. The van der Waals surface area contributed by atoms with Crippen LogP contribution in [0.15, 0.2) is 77.7 Å². The van der Waals surface area contributed by atoms with E-state index < -0.39 is 10.0 Å². The lowest BCUT2D eigenvalue weighted by Gasteiger charge is -2.21. The number of carbonyl (C=O) groups excluding carboxylic acids is 1. The monoisotopic (exact) mass is 436 g/mol. The van der Waals surface area contributed by atoms with Gasteiger partial charge in [0.05, 0.1) is 4.90 Å². The molecule has 0 aromatic heterocycles. The normalized spacial score (nSPS) is 12.0. The molecule has 0 aliphatic rings. The van der Waals surface area contributed by atoms with Crippen LogP contribution in [0.1, 0.15) is 32.3 Å². The molecule has 0 bridgehead atoms. The maximum atomic E-state index is 12.8. The zero-order chi connectivity index (χ0) is 22.3. The van der Waals surface area contributed by atoms with Crippen molar-refractivity contribution in [3.05, 3.63) is 78.4 Å². The number of anilines is 1. The lowest BCUT2D eigenvalue weighted by atomic mass is 10.0. The number of nitrogens with one attached hydrogen (secondary N) is 1. The largest absolute Gasteiger partial charge is 0.323 e. The second-order valence-corrected chi connectivity index (χ2v) is 9.26. The highest BCUT2D eigenvalue weighted by Gasteiger charge is 2.22.